The van der Waals surface area contributed by atoms with Gasteiger partial charge in [-0.15, -0.1) is 24.0 Å². The Morgan fingerprint density at radius 2 is 2.15 bits per heavy atom. The minimum Gasteiger partial charge on any atom is -0.379 e. The number of ether oxygens (including phenoxy) is 1. The summed E-state index contributed by atoms with van der Waals surface area (Å²) in [7, 11) is 0. The molecule has 0 spiro atoms. The molecule has 2 rings (SSSR count). The zero-order chi connectivity index (χ0) is 17.9. The van der Waals surface area contributed by atoms with Crippen molar-refractivity contribution in [1.82, 2.24) is 10.2 Å². The molecule has 1 aromatic rings. The van der Waals surface area contributed by atoms with E-state index in [1.807, 2.05) is 0 Å². The Morgan fingerprint density at radius 3 is 2.85 bits per heavy atom. The van der Waals surface area contributed by atoms with Gasteiger partial charge in [0.15, 0.2) is 5.96 Å². The minimum atomic E-state index is 0. The summed E-state index contributed by atoms with van der Waals surface area (Å²) in [5.41, 5.74) is 7.35. The third-order valence-electron chi connectivity index (χ3n) is 4.57. The second-order valence-electron chi connectivity index (χ2n) is 6.57. The number of aliphatic imine (C=N–C) groups is 1. The van der Waals surface area contributed by atoms with Crippen LogP contribution in [0, 0.1) is 5.92 Å². The molecule has 1 fully saturated rings. The van der Waals surface area contributed by atoms with Gasteiger partial charge < -0.3 is 15.8 Å². The molecule has 5 nitrogen and oxygen atoms in total. The number of nitrogens with zero attached hydrogens (tertiary/aromatic N) is 2. The van der Waals surface area contributed by atoms with E-state index in [-0.39, 0.29) is 24.0 Å². The molecule has 1 unspecified atom stereocenters. The van der Waals surface area contributed by atoms with Crippen LogP contribution in [0.2, 0.25) is 0 Å². The Labute approximate surface area is 183 Å². The minimum absolute atomic E-state index is 0. The number of rotatable bonds is 9. The number of nitrogens with two attached hydrogens (primary N) is 1. The topological polar surface area (TPSA) is 62.9 Å². The van der Waals surface area contributed by atoms with Gasteiger partial charge in [0, 0.05) is 30.7 Å². The number of hydrogen-bond acceptors (Lipinski definition) is 3. The summed E-state index contributed by atoms with van der Waals surface area (Å²) in [5, 5.41) is 3.24. The maximum absolute atomic E-state index is 6.01. The summed E-state index contributed by atoms with van der Waals surface area (Å²) in [4.78, 5) is 6.97. The quantitative estimate of drug-likeness (QED) is 0.219. The van der Waals surface area contributed by atoms with Crippen molar-refractivity contribution in [2.45, 2.75) is 26.2 Å². The van der Waals surface area contributed by atoms with Gasteiger partial charge >= 0.3 is 0 Å². The Bertz CT molecular complexity index is 538. The van der Waals surface area contributed by atoms with Crippen LogP contribution in [-0.4, -0.2) is 56.8 Å². The van der Waals surface area contributed by atoms with E-state index in [1.54, 1.807) is 0 Å². The van der Waals surface area contributed by atoms with Gasteiger partial charge in [0.25, 0.3) is 0 Å². The highest BCUT2D eigenvalue weighted by Gasteiger charge is 2.10. The van der Waals surface area contributed by atoms with E-state index in [1.165, 1.54) is 5.56 Å². The van der Waals surface area contributed by atoms with Crippen molar-refractivity contribution in [3.8, 4) is 0 Å². The fraction of sp³-hybridized carbons (Fsp3) is 0.632. The normalized spacial score (nSPS) is 16.8. The first kappa shape index (κ1) is 23.7. The molecule has 0 radical (unpaired) electrons. The molecule has 1 atom stereocenters. The lowest BCUT2D eigenvalue weighted by Gasteiger charge is -2.26. The first-order chi connectivity index (χ1) is 12.2. The highest BCUT2D eigenvalue weighted by molar-refractivity contribution is 14.0. The lowest BCUT2D eigenvalue weighted by atomic mass is 9.97. The van der Waals surface area contributed by atoms with Gasteiger partial charge in [0.05, 0.1) is 13.2 Å². The number of halogens is 2. The van der Waals surface area contributed by atoms with Gasteiger partial charge in [0.1, 0.15) is 0 Å². The third kappa shape index (κ3) is 9.53. The van der Waals surface area contributed by atoms with Crippen molar-refractivity contribution < 1.29 is 4.74 Å². The predicted molar refractivity (Wildman–Crippen MR) is 123 cm³/mol. The van der Waals surface area contributed by atoms with Crippen LogP contribution in [0.4, 0.5) is 0 Å². The van der Waals surface area contributed by atoms with Gasteiger partial charge in [-0.05, 0) is 43.0 Å². The average Bonchev–Trinajstić information content (AvgIpc) is 2.63. The zero-order valence-corrected chi connectivity index (χ0v) is 19.5. The molecule has 3 N–H and O–H groups in total. The van der Waals surface area contributed by atoms with E-state index in [9.17, 15) is 0 Å². The number of benzene rings is 1. The monoisotopic (exact) mass is 538 g/mol. The molecule has 0 bridgehead atoms. The van der Waals surface area contributed by atoms with E-state index >= 15 is 0 Å². The van der Waals surface area contributed by atoms with E-state index < -0.39 is 0 Å². The number of hydrogen-bond donors (Lipinski definition) is 2. The number of guanidine groups is 1. The zero-order valence-electron chi connectivity index (χ0n) is 15.6. The molecule has 0 aromatic heterocycles. The van der Waals surface area contributed by atoms with Crippen LogP contribution < -0.4 is 11.1 Å². The van der Waals surface area contributed by atoms with Gasteiger partial charge in [-0.1, -0.05) is 41.4 Å². The van der Waals surface area contributed by atoms with Crippen LogP contribution in [0.5, 0.6) is 0 Å². The van der Waals surface area contributed by atoms with E-state index in [0.717, 1.165) is 69.7 Å². The van der Waals surface area contributed by atoms with E-state index in [2.05, 4.69) is 62.3 Å². The Kier molecular flexibility index (Phi) is 12.5. The summed E-state index contributed by atoms with van der Waals surface area (Å²) in [6, 6.07) is 8.49. The highest BCUT2D eigenvalue weighted by atomic mass is 127. The van der Waals surface area contributed by atoms with Crippen molar-refractivity contribution in [1.29, 1.82) is 0 Å². The van der Waals surface area contributed by atoms with Crippen LogP contribution in [-0.2, 0) is 11.2 Å². The molecule has 1 aliphatic heterocycles. The molecule has 0 amide bonds. The molecule has 1 aromatic carbocycles. The van der Waals surface area contributed by atoms with Crippen molar-refractivity contribution in [2.75, 3.05) is 45.9 Å². The molecule has 1 aliphatic rings. The average molecular weight is 539 g/mol. The maximum atomic E-state index is 6.01. The molecule has 1 saturated heterocycles. The van der Waals surface area contributed by atoms with E-state index in [4.69, 9.17) is 10.5 Å². The van der Waals surface area contributed by atoms with Crippen LogP contribution in [0.1, 0.15) is 25.3 Å². The van der Waals surface area contributed by atoms with Gasteiger partial charge in [-0.2, -0.15) is 0 Å². The summed E-state index contributed by atoms with van der Waals surface area (Å²) in [6.07, 6.45) is 3.20. The Hall–Kier alpha value is -0.380. The fourth-order valence-electron chi connectivity index (χ4n) is 2.96. The third-order valence-corrected chi connectivity index (χ3v) is 5.06. The van der Waals surface area contributed by atoms with Crippen LogP contribution in [0.25, 0.3) is 0 Å². The number of nitrogens with one attached hydrogen (secondary N) is 1. The summed E-state index contributed by atoms with van der Waals surface area (Å²) in [5.74, 6) is 1.08. The van der Waals surface area contributed by atoms with Crippen molar-refractivity contribution in [2.24, 2.45) is 16.6 Å². The van der Waals surface area contributed by atoms with Crippen molar-refractivity contribution >= 4 is 45.9 Å². The van der Waals surface area contributed by atoms with Crippen LogP contribution >= 0.6 is 39.9 Å². The smallest absolute Gasteiger partial charge is 0.188 e. The molecule has 7 heteroatoms. The maximum Gasteiger partial charge on any atom is 0.188 e. The van der Waals surface area contributed by atoms with Gasteiger partial charge in [-0.25, -0.2) is 0 Å². The SMILES string of the molecule is CCC(CN=C(N)NCCCN1CCOCC1)Cc1cccc(Br)c1.I. The predicted octanol–water partition coefficient (Wildman–Crippen LogP) is 3.26. The molecule has 0 saturated carbocycles. The molecule has 1 heterocycles. The largest absolute Gasteiger partial charge is 0.379 e. The van der Waals surface area contributed by atoms with Gasteiger partial charge in [-0.3, -0.25) is 9.89 Å². The second-order valence-corrected chi connectivity index (χ2v) is 7.48. The standard InChI is InChI=1S/C19H31BrN4O.HI/c1-2-16(13-17-5-3-6-18(20)14-17)15-23-19(21)22-7-4-8-24-9-11-25-12-10-24;/h3,5-6,14,16H,2,4,7-13,15H2,1H3,(H3,21,22,23);1H. The molecule has 0 aliphatic carbocycles. The van der Waals surface area contributed by atoms with Crippen molar-refractivity contribution in [3.63, 3.8) is 0 Å². The van der Waals surface area contributed by atoms with Gasteiger partial charge in [0.2, 0.25) is 0 Å². The summed E-state index contributed by atoms with van der Waals surface area (Å²) >= 11 is 3.53. The highest BCUT2D eigenvalue weighted by Crippen LogP contribution is 2.17. The van der Waals surface area contributed by atoms with E-state index in [0.29, 0.717) is 11.9 Å². The fourth-order valence-corrected chi connectivity index (χ4v) is 3.41. The first-order valence-electron chi connectivity index (χ1n) is 9.25. The molecular formula is C19H32BrIN4O. The van der Waals surface area contributed by atoms with Crippen LogP contribution in [0.15, 0.2) is 33.7 Å². The summed E-state index contributed by atoms with van der Waals surface area (Å²) < 4.78 is 6.49. The number of morpholine rings is 1. The molecule has 148 valence electrons. The lowest BCUT2D eigenvalue weighted by Crippen LogP contribution is -2.39. The Balaban J connectivity index is 0.00000338. The molecule has 26 heavy (non-hydrogen) atoms. The first-order valence-corrected chi connectivity index (χ1v) is 10.0. The van der Waals surface area contributed by atoms with Crippen molar-refractivity contribution in [3.05, 3.63) is 34.3 Å². The molecular weight excluding hydrogens is 507 g/mol. The summed E-state index contributed by atoms with van der Waals surface area (Å²) in [6.45, 7) is 8.73. The van der Waals surface area contributed by atoms with Crippen LogP contribution in [0.3, 0.4) is 0 Å². The lowest BCUT2D eigenvalue weighted by molar-refractivity contribution is 0.0376. The second kappa shape index (κ2) is 13.7. The Morgan fingerprint density at radius 1 is 1.38 bits per heavy atom.